The van der Waals surface area contributed by atoms with Crippen molar-refractivity contribution < 1.29 is 4.74 Å². The predicted molar refractivity (Wildman–Crippen MR) is 94.8 cm³/mol. The van der Waals surface area contributed by atoms with Gasteiger partial charge < -0.3 is 10.1 Å². The molecule has 1 atom stereocenters. The molecule has 0 saturated heterocycles. The molecular weight excluding hydrogens is 441 g/mol. The van der Waals surface area contributed by atoms with Crippen molar-refractivity contribution in [1.29, 1.82) is 0 Å². The average Bonchev–Trinajstić information content (AvgIpc) is 2.48. The highest BCUT2D eigenvalue weighted by molar-refractivity contribution is 9.10. The predicted octanol–water partition coefficient (Wildman–Crippen LogP) is 6.45. The smallest absolute Gasteiger partial charge is 0.124 e. The van der Waals surface area contributed by atoms with Crippen LogP contribution in [0.2, 0.25) is 10.0 Å². The van der Waals surface area contributed by atoms with E-state index in [4.69, 9.17) is 27.9 Å². The van der Waals surface area contributed by atoms with Gasteiger partial charge in [0.1, 0.15) is 5.75 Å². The van der Waals surface area contributed by atoms with Gasteiger partial charge in [0.15, 0.2) is 0 Å². The number of halogens is 4. The van der Waals surface area contributed by atoms with Crippen LogP contribution in [0.25, 0.3) is 0 Å². The monoisotopic (exact) mass is 449 g/mol. The Kier molecular flexibility index (Phi) is 4.69. The van der Waals surface area contributed by atoms with Gasteiger partial charge in [-0.05, 0) is 46.3 Å². The number of nitrogens with one attached hydrogen (secondary N) is 1. The summed E-state index contributed by atoms with van der Waals surface area (Å²) in [5.74, 6) is 0.904. The Morgan fingerprint density at radius 3 is 2.71 bits per heavy atom. The molecule has 1 unspecified atom stereocenters. The van der Waals surface area contributed by atoms with Crippen molar-refractivity contribution in [2.75, 3.05) is 11.9 Å². The van der Waals surface area contributed by atoms with Crippen LogP contribution >= 0.6 is 55.1 Å². The minimum Gasteiger partial charge on any atom is -0.493 e. The van der Waals surface area contributed by atoms with E-state index in [1.54, 1.807) is 0 Å². The largest absolute Gasteiger partial charge is 0.493 e. The summed E-state index contributed by atoms with van der Waals surface area (Å²) >= 11 is 19.4. The lowest BCUT2D eigenvalue weighted by Crippen LogP contribution is -2.20. The van der Waals surface area contributed by atoms with Crippen LogP contribution in [-0.2, 0) is 0 Å². The second kappa shape index (κ2) is 6.37. The van der Waals surface area contributed by atoms with Gasteiger partial charge in [-0.15, -0.1) is 0 Å². The van der Waals surface area contributed by atoms with E-state index < -0.39 is 0 Å². The fourth-order valence-corrected chi connectivity index (χ4v) is 3.55. The van der Waals surface area contributed by atoms with Crippen LogP contribution in [0.1, 0.15) is 18.0 Å². The van der Waals surface area contributed by atoms with Gasteiger partial charge in [0.2, 0.25) is 0 Å². The van der Waals surface area contributed by atoms with Crippen LogP contribution in [0, 0.1) is 0 Å². The molecule has 6 heteroatoms. The van der Waals surface area contributed by atoms with Crippen molar-refractivity contribution >= 4 is 60.7 Å². The third-order valence-corrected chi connectivity index (χ3v) is 5.64. The molecule has 1 N–H and O–H groups in total. The van der Waals surface area contributed by atoms with Crippen LogP contribution in [0.15, 0.2) is 39.3 Å². The Morgan fingerprint density at radius 2 is 1.90 bits per heavy atom. The summed E-state index contributed by atoms with van der Waals surface area (Å²) in [5, 5.41) is 4.50. The zero-order valence-electron chi connectivity index (χ0n) is 10.8. The Balaban J connectivity index is 1.94. The first kappa shape index (κ1) is 15.5. The molecule has 0 aromatic heterocycles. The topological polar surface area (TPSA) is 21.3 Å². The summed E-state index contributed by atoms with van der Waals surface area (Å²) in [6.07, 6.45) is 0.869. The number of hydrogen-bond acceptors (Lipinski definition) is 2. The quantitative estimate of drug-likeness (QED) is 0.529. The van der Waals surface area contributed by atoms with E-state index in [0.29, 0.717) is 16.7 Å². The molecule has 2 aromatic carbocycles. The van der Waals surface area contributed by atoms with Crippen molar-refractivity contribution in [2.45, 2.75) is 12.5 Å². The zero-order valence-corrected chi connectivity index (χ0v) is 15.5. The number of hydrogen-bond donors (Lipinski definition) is 1. The van der Waals surface area contributed by atoms with Crippen LogP contribution in [0.3, 0.4) is 0 Å². The second-order valence-corrected chi connectivity index (χ2v) is 7.27. The second-order valence-electron chi connectivity index (χ2n) is 4.74. The van der Waals surface area contributed by atoms with E-state index in [0.717, 1.165) is 32.4 Å². The van der Waals surface area contributed by atoms with E-state index in [9.17, 15) is 0 Å². The highest BCUT2D eigenvalue weighted by Crippen LogP contribution is 2.40. The third-order valence-electron chi connectivity index (χ3n) is 3.38. The average molecular weight is 452 g/mol. The first-order valence-corrected chi connectivity index (χ1v) is 8.72. The van der Waals surface area contributed by atoms with Gasteiger partial charge in [0.05, 0.1) is 28.4 Å². The van der Waals surface area contributed by atoms with Crippen LogP contribution in [0.4, 0.5) is 5.69 Å². The molecule has 110 valence electrons. The fraction of sp³-hybridized carbons (Fsp3) is 0.200. The fourth-order valence-electron chi connectivity index (χ4n) is 2.34. The Hall–Kier alpha value is -0.420. The lowest BCUT2D eigenvalue weighted by molar-refractivity contribution is 0.274. The van der Waals surface area contributed by atoms with Gasteiger partial charge in [0, 0.05) is 20.9 Å². The van der Waals surface area contributed by atoms with E-state index >= 15 is 0 Å². The molecule has 21 heavy (non-hydrogen) atoms. The summed E-state index contributed by atoms with van der Waals surface area (Å²) in [4.78, 5) is 0. The molecule has 0 fully saturated rings. The summed E-state index contributed by atoms with van der Waals surface area (Å²) in [6, 6.07) is 9.97. The summed E-state index contributed by atoms with van der Waals surface area (Å²) in [6.45, 7) is 0.675. The molecule has 0 radical (unpaired) electrons. The molecule has 2 nitrogen and oxygen atoms in total. The number of rotatable bonds is 2. The minimum atomic E-state index is 0.140. The van der Waals surface area contributed by atoms with Gasteiger partial charge in [-0.1, -0.05) is 39.1 Å². The van der Waals surface area contributed by atoms with E-state index in [1.807, 2.05) is 24.3 Å². The molecule has 3 rings (SSSR count). The maximum Gasteiger partial charge on any atom is 0.124 e. The summed E-state index contributed by atoms with van der Waals surface area (Å²) in [7, 11) is 0. The van der Waals surface area contributed by atoms with E-state index in [-0.39, 0.29) is 6.04 Å². The number of fused-ring (bicyclic) bond motifs is 1. The lowest BCUT2D eigenvalue weighted by atomic mass is 10.0. The maximum atomic E-state index is 6.31. The zero-order chi connectivity index (χ0) is 15.0. The first-order valence-electron chi connectivity index (χ1n) is 6.38. The molecule has 0 aliphatic carbocycles. The highest BCUT2D eigenvalue weighted by atomic mass is 79.9. The first-order chi connectivity index (χ1) is 10.1. The Labute approximate surface area is 150 Å². The molecular formula is C15H11Br2Cl2NO. The summed E-state index contributed by atoms with van der Waals surface area (Å²) in [5.41, 5.74) is 1.94. The normalized spacial score (nSPS) is 17.0. The number of ether oxygens (including phenoxy) is 1. The molecule has 1 aliphatic heterocycles. The lowest BCUT2D eigenvalue weighted by Gasteiger charge is -2.28. The molecule has 2 aromatic rings. The minimum absolute atomic E-state index is 0.140. The van der Waals surface area contributed by atoms with Crippen LogP contribution in [-0.4, -0.2) is 6.61 Å². The standard InChI is InChI=1S/C15H11Br2Cl2NO/c16-8-1-4-13-9(7-8)11(5-6-21-13)20-12-3-2-10(17)14(18)15(12)19/h1-4,7,11,20H,5-6H2. The van der Waals surface area contributed by atoms with Gasteiger partial charge in [0.25, 0.3) is 0 Å². The molecule has 0 bridgehead atoms. The Bertz CT molecular complexity index is 694. The molecule has 0 amide bonds. The van der Waals surface area contributed by atoms with Gasteiger partial charge in [-0.2, -0.15) is 0 Å². The van der Waals surface area contributed by atoms with Gasteiger partial charge in [-0.3, -0.25) is 0 Å². The van der Waals surface area contributed by atoms with Crippen molar-refractivity contribution in [3.05, 3.63) is 54.9 Å². The maximum absolute atomic E-state index is 6.31. The molecule has 0 saturated carbocycles. The Morgan fingerprint density at radius 1 is 1.10 bits per heavy atom. The molecule has 1 aliphatic rings. The van der Waals surface area contributed by atoms with E-state index in [2.05, 4.69) is 43.2 Å². The molecule has 0 spiro atoms. The molecule has 1 heterocycles. The van der Waals surface area contributed by atoms with E-state index in [1.165, 1.54) is 0 Å². The summed E-state index contributed by atoms with van der Waals surface area (Å²) < 4.78 is 7.51. The number of benzene rings is 2. The number of anilines is 1. The highest BCUT2D eigenvalue weighted by Gasteiger charge is 2.22. The van der Waals surface area contributed by atoms with Crippen molar-refractivity contribution in [1.82, 2.24) is 0 Å². The SMILES string of the molecule is Clc1c(Br)ccc(NC2CCOc3ccc(Br)cc32)c1Cl. The van der Waals surface area contributed by atoms with Gasteiger partial charge in [-0.25, -0.2) is 0 Å². The van der Waals surface area contributed by atoms with Gasteiger partial charge >= 0.3 is 0 Å². The van der Waals surface area contributed by atoms with Crippen LogP contribution < -0.4 is 10.1 Å². The third kappa shape index (κ3) is 3.19. The van der Waals surface area contributed by atoms with Crippen molar-refractivity contribution in [2.24, 2.45) is 0 Å². The van der Waals surface area contributed by atoms with Crippen LogP contribution in [0.5, 0.6) is 5.75 Å². The van der Waals surface area contributed by atoms with Crippen molar-refractivity contribution in [3.8, 4) is 5.75 Å². The van der Waals surface area contributed by atoms with Crippen molar-refractivity contribution in [3.63, 3.8) is 0 Å².